The summed E-state index contributed by atoms with van der Waals surface area (Å²) >= 11 is 12.0. The normalized spacial score (nSPS) is 11.5. The molecule has 7 heteroatoms. The second kappa shape index (κ2) is 9.68. The van der Waals surface area contributed by atoms with E-state index in [1.165, 1.54) is 0 Å². The third kappa shape index (κ3) is 4.66. The zero-order chi connectivity index (χ0) is 22.5. The van der Waals surface area contributed by atoms with Crippen LogP contribution in [0.1, 0.15) is 27.5 Å². The van der Waals surface area contributed by atoms with Crippen LogP contribution >= 0.6 is 23.8 Å². The van der Waals surface area contributed by atoms with Crippen molar-refractivity contribution >= 4 is 45.6 Å². The van der Waals surface area contributed by atoms with Crippen molar-refractivity contribution in [3.63, 3.8) is 0 Å². The highest BCUT2D eigenvalue weighted by molar-refractivity contribution is 7.80. The lowest BCUT2D eigenvalue weighted by molar-refractivity contribution is 0.0943. The van der Waals surface area contributed by atoms with Crippen LogP contribution in [0.5, 0.6) is 5.75 Å². The summed E-state index contributed by atoms with van der Waals surface area (Å²) in [5.74, 6) is -0.214. The van der Waals surface area contributed by atoms with E-state index in [-0.39, 0.29) is 16.8 Å². The van der Waals surface area contributed by atoms with Crippen LogP contribution < -0.4 is 16.2 Å². The molecule has 32 heavy (non-hydrogen) atoms. The van der Waals surface area contributed by atoms with Gasteiger partial charge in [-0.15, -0.1) is 0 Å². The predicted molar refractivity (Wildman–Crippen MR) is 132 cm³/mol. The minimum Gasteiger partial charge on any atom is -0.508 e. The molecule has 0 bridgehead atoms. The zero-order valence-electron chi connectivity index (χ0n) is 16.9. The van der Waals surface area contributed by atoms with Gasteiger partial charge >= 0.3 is 0 Å². The molecule has 4 aromatic carbocycles. The zero-order valence-corrected chi connectivity index (χ0v) is 18.5. The van der Waals surface area contributed by atoms with Crippen LogP contribution in [0.15, 0.2) is 91.0 Å². The summed E-state index contributed by atoms with van der Waals surface area (Å²) in [7, 11) is 0. The molecule has 0 saturated heterocycles. The van der Waals surface area contributed by atoms with Crippen molar-refractivity contribution in [2.24, 2.45) is 0 Å². The van der Waals surface area contributed by atoms with E-state index in [4.69, 9.17) is 23.8 Å². The molecule has 0 heterocycles. The van der Waals surface area contributed by atoms with Gasteiger partial charge in [-0.25, -0.2) is 0 Å². The third-order valence-corrected chi connectivity index (χ3v) is 5.62. The van der Waals surface area contributed by atoms with Crippen LogP contribution in [-0.2, 0) is 0 Å². The molecule has 160 valence electrons. The van der Waals surface area contributed by atoms with Crippen molar-refractivity contribution in [3.8, 4) is 5.75 Å². The summed E-state index contributed by atoms with van der Waals surface area (Å²) < 4.78 is 0. The Bertz CT molecular complexity index is 1280. The van der Waals surface area contributed by atoms with Crippen LogP contribution in [0.4, 0.5) is 0 Å². The van der Waals surface area contributed by atoms with Gasteiger partial charge in [0, 0.05) is 16.1 Å². The van der Waals surface area contributed by atoms with Crippen molar-refractivity contribution in [2.45, 2.75) is 6.04 Å². The smallest absolute Gasteiger partial charge is 0.269 e. The number of thiocarbonyl (C=S) groups is 1. The highest BCUT2D eigenvalue weighted by atomic mass is 35.5. The van der Waals surface area contributed by atoms with Crippen molar-refractivity contribution in [2.75, 3.05) is 0 Å². The lowest BCUT2D eigenvalue weighted by atomic mass is 9.93. The minimum atomic E-state index is -0.566. The van der Waals surface area contributed by atoms with Gasteiger partial charge in [-0.1, -0.05) is 78.3 Å². The Balaban J connectivity index is 1.65. The number of carbonyl (C=O) groups excluding carboxylic acids is 1. The number of phenols is 1. The van der Waals surface area contributed by atoms with Crippen LogP contribution in [0.2, 0.25) is 5.02 Å². The number of halogens is 1. The molecular formula is C25H20ClN3O2S. The van der Waals surface area contributed by atoms with Crippen molar-refractivity contribution < 1.29 is 9.90 Å². The summed E-state index contributed by atoms with van der Waals surface area (Å²) in [4.78, 5) is 12.3. The first-order valence-corrected chi connectivity index (χ1v) is 10.7. The van der Waals surface area contributed by atoms with Crippen LogP contribution in [0.25, 0.3) is 10.8 Å². The monoisotopic (exact) mass is 461 g/mol. The largest absolute Gasteiger partial charge is 0.508 e. The molecular weight excluding hydrogens is 442 g/mol. The summed E-state index contributed by atoms with van der Waals surface area (Å²) in [5, 5.41) is 16.5. The fourth-order valence-electron chi connectivity index (χ4n) is 3.54. The molecule has 0 aliphatic carbocycles. The first-order chi connectivity index (χ1) is 15.5. The van der Waals surface area contributed by atoms with E-state index in [0.29, 0.717) is 16.1 Å². The molecule has 5 nitrogen and oxygen atoms in total. The standard InChI is InChI=1S/C25H20ClN3O2S/c26-20-13-7-6-12-19(20)23(22-18-11-5-4-8-16(18)14-15-21(22)30)27-25(32)29-28-24(31)17-9-2-1-3-10-17/h1-15,23,30H,(H,28,31)(H2,27,29,32). The van der Waals surface area contributed by atoms with Crippen LogP contribution in [-0.4, -0.2) is 16.1 Å². The molecule has 0 aliphatic rings. The van der Waals surface area contributed by atoms with E-state index in [1.54, 1.807) is 36.4 Å². The Labute approximate surface area is 196 Å². The van der Waals surface area contributed by atoms with Gasteiger partial charge in [0.05, 0.1) is 6.04 Å². The molecule has 1 amide bonds. The number of aromatic hydroxyl groups is 1. The quantitative estimate of drug-likeness (QED) is 0.251. The lowest BCUT2D eigenvalue weighted by Gasteiger charge is -2.25. The fourth-order valence-corrected chi connectivity index (χ4v) is 3.96. The second-order valence-electron chi connectivity index (χ2n) is 7.09. The third-order valence-electron chi connectivity index (χ3n) is 5.05. The number of benzene rings is 4. The highest BCUT2D eigenvalue weighted by Gasteiger charge is 2.23. The van der Waals surface area contributed by atoms with E-state index in [9.17, 15) is 9.90 Å². The number of hydrazine groups is 1. The Morgan fingerprint density at radius 1 is 0.844 bits per heavy atom. The average Bonchev–Trinajstić information content (AvgIpc) is 2.82. The molecule has 0 aromatic heterocycles. The Morgan fingerprint density at radius 3 is 2.31 bits per heavy atom. The lowest BCUT2D eigenvalue weighted by Crippen LogP contribution is -2.47. The highest BCUT2D eigenvalue weighted by Crippen LogP contribution is 2.37. The number of hydrogen-bond acceptors (Lipinski definition) is 3. The molecule has 0 spiro atoms. The number of hydrogen-bond donors (Lipinski definition) is 4. The summed E-state index contributed by atoms with van der Waals surface area (Å²) in [6.07, 6.45) is 0. The van der Waals surface area contributed by atoms with E-state index < -0.39 is 6.04 Å². The van der Waals surface area contributed by atoms with Gasteiger partial charge in [0.1, 0.15) is 5.75 Å². The predicted octanol–water partition coefficient (Wildman–Crippen LogP) is 5.10. The summed E-state index contributed by atoms with van der Waals surface area (Å²) in [6, 6.07) is 26.8. The van der Waals surface area contributed by atoms with E-state index >= 15 is 0 Å². The van der Waals surface area contributed by atoms with Gasteiger partial charge in [-0.3, -0.25) is 15.6 Å². The van der Waals surface area contributed by atoms with E-state index in [0.717, 1.165) is 16.3 Å². The second-order valence-corrected chi connectivity index (χ2v) is 7.91. The number of phenolic OH excluding ortho intramolecular Hbond substituents is 1. The van der Waals surface area contributed by atoms with Gasteiger partial charge < -0.3 is 10.4 Å². The SMILES string of the molecule is O=C(NNC(=S)NC(c1ccccc1Cl)c1c(O)ccc2ccccc12)c1ccccc1. The number of nitrogens with one attached hydrogen (secondary N) is 3. The number of rotatable bonds is 4. The molecule has 0 saturated carbocycles. The van der Waals surface area contributed by atoms with Crippen molar-refractivity contribution in [3.05, 3.63) is 113 Å². The first-order valence-electron chi connectivity index (χ1n) is 9.91. The van der Waals surface area contributed by atoms with Crippen LogP contribution in [0.3, 0.4) is 0 Å². The number of fused-ring (bicyclic) bond motifs is 1. The Kier molecular flexibility index (Phi) is 6.54. The average molecular weight is 462 g/mol. The maximum Gasteiger partial charge on any atom is 0.269 e. The van der Waals surface area contributed by atoms with Gasteiger partial charge in [-0.2, -0.15) is 0 Å². The topological polar surface area (TPSA) is 73.4 Å². The first kappa shape index (κ1) is 21.6. The Morgan fingerprint density at radius 2 is 1.53 bits per heavy atom. The maximum atomic E-state index is 12.3. The number of amides is 1. The van der Waals surface area contributed by atoms with Crippen molar-refractivity contribution in [1.29, 1.82) is 0 Å². The Hall–Kier alpha value is -3.61. The molecule has 0 radical (unpaired) electrons. The fraction of sp³-hybridized carbons (Fsp3) is 0.0400. The molecule has 1 atom stereocenters. The van der Waals surface area contributed by atoms with E-state index in [2.05, 4.69) is 16.2 Å². The number of carbonyl (C=O) groups is 1. The summed E-state index contributed by atoms with van der Waals surface area (Å²) in [6.45, 7) is 0. The summed E-state index contributed by atoms with van der Waals surface area (Å²) in [5.41, 5.74) is 7.19. The minimum absolute atomic E-state index is 0.109. The molecule has 4 N–H and O–H groups in total. The van der Waals surface area contributed by atoms with Crippen LogP contribution in [0, 0.1) is 0 Å². The van der Waals surface area contributed by atoms with Gasteiger partial charge in [0.15, 0.2) is 5.11 Å². The van der Waals surface area contributed by atoms with E-state index in [1.807, 2.05) is 54.6 Å². The maximum absolute atomic E-state index is 12.3. The molecule has 4 rings (SSSR count). The van der Waals surface area contributed by atoms with Crippen molar-refractivity contribution in [1.82, 2.24) is 16.2 Å². The molecule has 4 aromatic rings. The van der Waals surface area contributed by atoms with Gasteiger partial charge in [0.25, 0.3) is 5.91 Å². The molecule has 0 aliphatic heterocycles. The van der Waals surface area contributed by atoms with Gasteiger partial charge in [-0.05, 0) is 52.8 Å². The van der Waals surface area contributed by atoms with Gasteiger partial charge in [0.2, 0.25) is 0 Å². The molecule has 0 fully saturated rings. The molecule has 1 unspecified atom stereocenters.